The summed E-state index contributed by atoms with van der Waals surface area (Å²) >= 11 is 0. The van der Waals surface area contributed by atoms with Gasteiger partial charge in [-0.25, -0.2) is 0 Å². The minimum absolute atomic E-state index is 0.587. The maximum atomic E-state index is 3.88. The lowest BCUT2D eigenvalue weighted by molar-refractivity contribution is 0.594. The van der Waals surface area contributed by atoms with E-state index < -0.39 is 0 Å². The molecule has 0 aliphatic carbocycles. The molecule has 0 saturated heterocycles. The third-order valence-corrected chi connectivity index (χ3v) is 1.82. The van der Waals surface area contributed by atoms with Crippen molar-refractivity contribution < 1.29 is 0 Å². The summed E-state index contributed by atoms with van der Waals surface area (Å²) in [7, 11) is 0. The van der Waals surface area contributed by atoms with Crippen molar-refractivity contribution in [3.63, 3.8) is 0 Å². The highest BCUT2D eigenvalue weighted by atomic mass is 14.9. The first-order chi connectivity index (χ1) is 5.54. The van der Waals surface area contributed by atoms with Gasteiger partial charge in [0.2, 0.25) is 0 Å². The van der Waals surface area contributed by atoms with Crippen LogP contribution in [-0.2, 0) is 0 Å². The first-order valence-corrected chi connectivity index (χ1v) is 4.60. The Morgan fingerprint density at radius 3 is 2.42 bits per heavy atom. The molecular formula is C11H21N. The van der Waals surface area contributed by atoms with Crippen LogP contribution < -0.4 is 5.32 Å². The SMILES string of the molecule is C=C(C)C(C)=CCCNC(C)C. The van der Waals surface area contributed by atoms with Crippen LogP contribution in [0.1, 0.15) is 34.1 Å². The number of hydrogen-bond acceptors (Lipinski definition) is 1. The van der Waals surface area contributed by atoms with E-state index in [1.54, 1.807) is 0 Å². The molecule has 12 heavy (non-hydrogen) atoms. The Morgan fingerprint density at radius 2 is 2.00 bits per heavy atom. The maximum Gasteiger partial charge on any atom is 0.00105 e. The average molecular weight is 167 g/mol. The van der Waals surface area contributed by atoms with E-state index in [9.17, 15) is 0 Å². The lowest BCUT2D eigenvalue weighted by atomic mass is 10.1. The minimum Gasteiger partial charge on any atom is -0.314 e. The van der Waals surface area contributed by atoms with Crippen molar-refractivity contribution in [1.29, 1.82) is 0 Å². The highest BCUT2D eigenvalue weighted by Crippen LogP contribution is 2.05. The Kier molecular flexibility index (Phi) is 5.73. The van der Waals surface area contributed by atoms with E-state index in [0.717, 1.165) is 13.0 Å². The van der Waals surface area contributed by atoms with Crippen LogP contribution in [0.15, 0.2) is 23.8 Å². The number of nitrogens with one attached hydrogen (secondary N) is 1. The molecule has 0 atom stereocenters. The molecule has 0 aliphatic rings. The van der Waals surface area contributed by atoms with E-state index in [4.69, 9.17) is 0 Å². The summed E-state index contributed by atoms with van der Waals surface area (Å²) < 4.78 is 0. The molecule has 0 saturated carbocycles. The van der Waals surface area contributed by atoms with Crippen LogP contribution in [0, 0.1) is 0 Å². The van der Waals surface area contributed by atoms with Gasteiger partial charge in [0.1, 0.15) is 0 Å². The van der Waals surface area contributed by atoms with Crippen LogP contribution in [0.2, 0.25) is 0 Å². The summed E-state index contributed by atoms with van der Waals surface area (Å²) in [6.07, 6.45) is 3.33. The third-order valence-electron chi connectivity index (χ3n) is 1.82. The summed E-state index contributed by atoms with van der Waals surface area (Å²) in [5, 5.41) is 3.37. The molecule has 1 N–H and O–H groups in total. The highest BCUT2D eigenvalue weighted by Gasteiger charge is 1.91. The Labute approximate surface area is 76.6 Å². The molecule has 0 spiro atoms. The molecule has 0 aromatic carbocycles. The Bertz CT molecular complexity index is 166. The fraction of sp³-hybridized carbons (Fsp3) is 0.636. The Hall–Kier alpha value is -0.560. The first-order valence-electron chi connectivity index (χ1n) is 4.60. The third kappa shape index (κ3) is 6.17. The zero-order chi connectivity index (χ0) is 9.56. The van der Waals surface area contributed by atoms with Gasteiger partial charge in [-0.15, -0.1) is 0 Å². The minimum atomic E-state index is 0.587. The molecule has 0 fully saturated rings. The van der Waals surface area contributed by atoms with Crippen LogP contribution in [-0.4, -0.2) is 12.6 Å². The molecule has 0 bridgehead atoms. The smallest absolute Gasteiger partial charge is 0.00105 e. The number of rotatable bonds is 5. The second kappa shape index (κ2) is 6.01. The van der Waals surface area contributed by atoms with Crippen LogP contribution in [0.5, 0.6) is 0 Å². The predicted molar refractivity (Wildman–Crippen MR) is 56.3 cm³/mol. The van der Waals surface area contributed by atoms with Crippen molar-refractivity contribution in [3.05, 3.63) is 23.8 Å². The van der Waals surface area contributed by atoms with E-state index in [0.29, 0.717) is 6.04 Å². The van der Waals surface area contributed by atoms with Gasteiger partial charge in [0.05, 0.1) is 0 Å². The molecule has 0 rings (SSSR count). The van der Waals surface area contributed by atoms with E-state index >= 15 is 0 Å². The van der Waals surface area contributed by atoms with Gasteiger partial charge in [0.15, 0.2) is 0 Å². The van der Waals surface area contributed by atoms with Crippen molar-refractivity contribution >= 4 is 0 Å². The standard InChI is InChI=1S/C11H21N/c1-9(2)11(5)7-6-8-12-10(3)4/h7,10,12H,1,6,8H2,2-5H3. The second-order valence-electron chi connectivity index (χ2n) is 3.56. The summed E-state index contributed by atoms with van der Waals surface area (Å²) in [5.74, 6) is 0. The van der Waals surface area contributed by atoms with E-state index in [-0.39, 0.29) is 0 Å². The first kappa shape index (κ1) is 11.4. The highest BCUT2D eigenvalue weighted by molar-refractivity contribution is 5.23. The molecule has 0 aromatic rings. The second-order valence-corrected chi connectivity index (χ2v) is 3.56. The zero-order valence-corrected chi connectivity index (χ0v) is 8.78. The van der Waals surface area contributed by atoms with E-state index in [1.165, 1.54) is 11.1 Å². The summed E-state index contributed by atoms with van der Waals surface area (Å²) in [5.41, 5.74) is 2.47. The van der Waals surface area contributed by atoms with Gasteiger partial charge in [-0.2, -0.15) is 0 Å². The van der Waals surface area contributed by atoms with Crippen molar-refractivity contribution in [3.8, 4) is 0 Å². The Balaban J connectivity index is 3.54. The summed E-state index contributed by atoms with van der Waals surface area (Å²) in [6.45, 7) is 13.4. The molecule has 1 nitrogen and oxygen atoms in total. The normalized spacial score (nSPS) is 12.2. The largest absolute Gasteiger partial charge is 0.314 e. The van der Waals surface area contributed by atoms with Crippen molar-refractivity contribution in [2.45, 2.75) is 40.2 Å². The number of allylic oxidation sites excluding steroid dienone is 2. The molecule has 0 aromatic heterocycles. The molecule has 0 heterocycles. The quantitative estimate of drug-likeness (QED) is 0.490. The van der Waals surface area contributed by atoms with Crippen LogP contribution in [0.4, 0.5) is 0 Å². The molecular weight excluding hydrogens is 146 g/mol. The summed E-state index contributed by atoms with van der Waals surface area (Å²) in [4.78, 5) is 0. The van der Waals surface area contributed by atoms with Crippen LogP contribution in [0.3, 0.4) is 0 Å². The molecule has 0 aliphatic heterocycles. The van der Waals surface area contributed by atoms with Gasteiger partial charge in [-0.1, -0.05) is 37.6 Å². The Morgan fingerprint density at radius 1 is 1.42 bits per heavy atom. The van der Waals surface area contributed by atoms with Gasteiger partial charge in [-0.05, 0) is 26.8 Å². The van der Waals surface area contributed by atoms with Gasteiger partial charge < -0.3 is 5.32 Å². The van der Waals surface area contributed by atoms with Crippen LogP contribution >= 0.6 is 0 Å². The van der Waals surface area contributed by atoms with E-state index in [2.05, 4.69) is 38.7 Å². The lowest BCUT2D eigenvalue weighted by Gasteiger charge is -2.05. The molecule has 0 amide bonds. The van der Waals surface area contributed by atoms with Gasteiger partial charge >= 0.3 is 0 Å². The van der Waals surface area contributed by atoms with Gasteiger partial charge in [-0.3, -0.25) is 0 Å². The predicted octanol–water partition coefficient (Wildman–Crippen LogP) is 2.90. The molecule has 1 heteroatoms. The van der Waals surface area contributed by atoms with Crippen LogP contribution in [0.25, 0.3) is 0 Å². The fourth-order valence-corrected chi connectivity index (χ4v) is 0.835. The van der Waals surface area contributed by atoms with Crippen molar-refractivity contribution in [2.75, 3.05) is 6.54 Å². The molecule has 0 radical (unpaired) electrons. The monoisotopic (exact) mass is 167 g/mol. The zero-order valence-electron chi connectivity index (χ0n) is 8.78. The van der Waals surface area contributed by atoms with E-state index in [1.807, 2.05) is 6.92 Å². The van der Waals surface area contributed by atoms with Crippen molar-refractivity contribution in [2.24, 2.45) is 0 Å². The maximum absolute atomic E-state index is 3.88. The fourth-order valence-electron chi connectivity index (χ4n) is 0.835. The van der Waals surface area contributed by atoms with Gasteiger partial charge in [0, 0.05) is 6.04 Å². The van der Waals surface area contributed by atoms with Crippen molar-refractivity contribution in [1.82, 2.24) is 5.32 Å². The topological polar surface area (TPSA) is 12.0 Å². The average Bonchev–Trinajstić information content (AvgIpc) is 1.97. The molecule has 0 unspecified atom stereocenters. The van der Waals surface area contributed by atoms with Gasteiger partial charge in [0.25, 0.3) is 0 Å². The summed E-state index contributed by atoms with van der Waals surface area (Å²) in [6, 6.07) is 0.587. The number of hydrogen-bond donors (Lipinski definition) is 1. The molecule has 70 valence electrons. The lowest BCUT2D eigenvalue weighted by Crippen LogP contribution is -2.23.